The lowest BCUT2D eigenvalue weighted by Gasteiger charge is -2.23. The summed E-state index contributed by atoms with van der Waals surface area (Å²) in [5, 5.41) is 0. The summed E-state index contributed by atoms with van der Waals surface area (Å²) >= 11 is 0. The van der Waals surface area contributed by atoms with Crippen LogP contribution in [0, 0.1) is 0 Å². The second-order valence-corrected chi connectivity index (χ2v) is 5.57. The first kappa shape index (κ1) is 13.9. The number of alkyl halides is 3. The lowest BCUT2D eigenvalue weighted by molar-refractivity contribution is -0.137. The Labute approximate surface area is 120 Å². The molecule has 0 saturated carbocycles. The van der Waals surface area contributed by atoms with Crippen molar-refractivity contribution in [1.29, 1.82) is 0 Å². The zero-order valence-corrected chi connectivity index (χ0v) is 11.4. The topological polar surface area (TPSA) is 17.1 Å². The van der Waals surface area contributed by atoms with E-state index in [4.69, 9.17) is 0 Å². The van der Waals surface area contributed by atoms with Gasteiger partial charge in [0.25, 0.3) is 0 Å². The molecule has 1 aliphatic rings. The molecule has 0 fully saturated rings. The molecule has 3 rings (SSSR count). The maximum atomic E-state index is 12.9. The Morgan fingerprint density at radius 3 is 2.43 bits per heavy atom. The summed E-state index contributed by atoms with van der Waals surface area (Å²) < 4.78 is 38.6. The fraction of sp³-hybridized carbons (Fsp3) is 0.235. The van der Waals surface area contributed by atoms with Crippen molar-refractivity contribution in [2.24, 2.45) is 0 Å². The summed E-state index contributed by atoms with van der Waals surface area (Å²) in [4.78, 5) is 12.6. The van der Waals surface area contributed by atoms with Crippen LogP contribution < -0.4 is 0 Å². The Bertz CT molecular complexity index is 718. The summed E-state index contributed by atoms with van der Waals surface area (Å²) in [5.41, 5.74) is 0.272. The first-order chi connectivity index (χ1) is 9.82. The number of halogens is 3. The highest BCUT2D eigenvalue weighted by Crippen LogP contribution is 2.41. The van der Waals surface area contributed by atoms with Crippen molar-refractivity contribution in [3.8, 4) is 0 Å². The Balaban J connectivity index is 2.08. The van der Waals surface area contributed by atoms with E-state index in [2.05, 4.69) is 0 Å². The largest absolute Gasteiger partial charge is 0.416 e. The Morgan fingerprint density at radius 1 is 1.05 bits per heavy atom. The van der Waals surface area contributed by atoms with Crippen LogP contribution in [-0.4, -0.2) is 5.78 Å². The van der Waals surface area contributed by atoms with Gasteiger partial charge in [0.15, 0.2) is 5.78 Å². The van der Waals surface area contributed by atoms with Crippen molar-refractivity contribution in [3.63, 3.8) is 0 Å². The average molecular weight is 290 g/mol. The van der Waals surface area contributed by atoms with E-state index in [-0.39, 0.29) is 5.78 Å². The standard InChI is InChI=1S/C17H13F3O/c1-16(10-11-5-2-3-8-14(11)15(16)21)12-6-4-7-13(9-12)17(18,19)20/h2-9H,10H2,1H3/t16-/m0/s1. The molecule has 1 nitrogen and oxygen atoms in total. The fourth-order valence-electron chi connectivity index (χ4n) is 2.93. The lowest BCUT2D eigenvalue weighted by atomic mass is 9.78. The highest BCUT2D eigenvalue weighted by molar-refractivity contribution is 6.08. The third kappa shape index (κ3) is 2.15. The van der Waals surface area contributed by atoms with Crippen LogP contribution in [0.25, 0.3) is 0 Å². The number of carbonyl (C=O) groups is 1. The van der Waals surface area contributed by atoms with Crippen molar-refractivity contribution in [2.75, 3.05) is 0 Å². The predicted molar refractivity (Wildman–Crippen MR) is 73.3 cm³/mol. The van der Waals surface area contributed by atoms with E-state index >= 15 is 0 Å². The van der Waals surface area contributed by atoms with Gasteiger partial charge in [-0.15, -0.1) is 0 Å². The second-order valence-electron chi connectivity index (χ2n) is 5.57. The highest BCUT2D eigenvalue weighted by Gasteiger charge is 2.43. The summed E-state index contributed by atoms with van der Waals surface area (Å²) in [6, 6.07) is 12.3. The van der Waals surface area contributed by atoms with Crippen molar-refractivity contribution < 1.29 is 18.0 Å². The molecule has 0 saturated heterocycles. The van der Waals surface area contributed by atoms with Gasteiger partial charge in [0, 0.05) is 5.56 Å². The van der Waals surface area contributed by atoms with Crippen LogP contribution in [0.3, 0.4) is 0 Å². The number of Topliss-reactive ketones (excluding diaryl/α,β-unsaturated/α-hetero) is 1. The molecule has 0 bridgehead atoms. The van der Waals surface area contributed by atoms with Crippen LogP contribution in [0.5, 0.6) is 0 Å². The van der Waals surface area contributed by atoms with Crippen molar-refractivity contribution >= 4 is 5.78 Å². The molecular formula is C17H13F3O. The fourth-order valence-corrected chi connectivity index (χ4v) is 2.93. The molecular weight excluding hydrogens is 277 g/mol. The van der Waals surface area contributed by atoms with E-state index in [1.54, 1.807) is 25.1 Å². The average Bonchev–Trinajstić information content (AvgIpc) is 2.72. The van der Waals surface area contributed by atoms with Crippen molar-refractivity contribution in [2.45, 2.75) is 24.9 Å². The van der Waals surface area contributed by atoms with Crippen LogP contribution in [0.4, 0.5) is 13.2 Å². The zero-order valence-electron chi connectivity index (χ0n) is 11.4. The third-order valence-corrected chi connectivity index (χ3v) is 4.13. The predicted octanol–water partition coefficient (Wildman–Crippen LogP) is 4.40. The third-order valence-electron chi connectivity index (χ3n) is 4.13. The number of fused-ring (bicyclic) bond motifs is 1. The molecule has 1 aliphatic carbocycles. The van der Waals surface area contributed by atoms with Crippen molar-refractivity contribution in [3.05, 3.63) is 70.8 Å². The maximum Gasteiger partial charge on any atom is 0.416 e. The maximum absolute atomic E-state index is 12.9. The minimum Gasteiger partial charge on any atom is -0.293 e. The molecule has 0 aliphatic heterocycles. The van der Waals surface area contributed by atoms with Gasteiger partial charge < -0.3 is 0 Å². The van der Waals surface area contributed by atoms with Gasteiger partial charge >= 0.3 is 6.18 Å². The smallest absolute Gasteiger partial charge is 0.293 e. The number of rotatable bonds is 1. The number of benzene rings is 2. The van der Waals surface area contributed by atoms with Crippen LogP contribution in [0.1, 0.15) is 34.0 Å². The summed E-state index contributed by atoms with van der Waals surface area (Å²) in [6.45, 7) is 1.71. The van der Waals surface area contributed by atoms with Crippen LogP contribution in [-0.2, 0) is 18.0 Å². The van der Waals surface area contributed by atoms with Gasteiger partial charge in [-0.05, 0) is 30.5 Å². The minimum absolute atomic E-state index is 0.113. The van der Waals surface area contributed by atoms with E-state index in [1.807, 2.05) is 12.1 Å². The molecule has 2 aromatic carbocycles. The first-order valence-corrected chi connectivity index (χ1v) is 6.63. The van der Waals surface area contributed by atoms with Gasteiger partial charge in [-0.25, -0.2) is 0 Å². The van der Waals surface area contributed by atoms with E-state index < -0.39 is 17.2 Å². The Hall–Kier alpha value is -2.10. The molecule has 0 spiro atoms. The van der Waals surface area contributed by atoms with E-state index in [1.165, 1.54) is 6.07 Å². The molecule has 0 heterocycles. The van der Waals surface area contributed by atoms with E-state index in [0.29, 0.717) is 17.5 Å². The quantitative estimate of drug-likeness (QED) is 0.760. The van der Waals surface area contributed by atoms with Gasteiger partial charge in [0.1, 0.15) is 0 Å². The van der Waals surface area contributed by atoms with E-state index in [9.17, 15) is 18.0 Å². The molecule has 108 valence electrons. The van der Waals surface area contributed by atoms with Crippen LogP contribution >= 0.6 is 0 Å². The molecule has 2 aromatic rings. The normalized spacial score (nSPS) is 21.4. The van der Waals surface area contributed by atoms with Gasteiger partial charge in [-0.3, -0.25) is 4.79 Å². The van der Waals surface area contributed by atoms with Crippen molar-refractivity contribution in [1.82, 2.24) is 0 Å². The number of hydrogen-bond donors (Lipinski definition) is 0. The highest BCUT2D eigenvalue weighted by atomic mass is 19.4. The molecule has 0 amide bonds. The molecule has 4 heteroatoms. The van der Waals surface area contributed by atoms with Gasteiger partial charge in [-0.1, -0.05) is 42.5 Å². The van der Waals surface area contributed by atoms with Gasteiger partial charge in [-0.2, -0.15) is 13.2 Å². The molecule has 1 atom stereocenters. The lowest BCUT2D eigenvalue weighted by Crippen LogP contribution is -2.29. The summed E-state index contributed by atoms with van der Waals surface area (Å²) in [7, 11) is 0. The summed E-state index contributed by atoms with van der Waals surface area (Å²) in [5.74, 6) is -0.113. The monoisotopic (exact) mass is 290 g/mol. The number of hydrogen-bond acceptors (Lipinski definition) is 1. The number of ketones is 1. The van der Waals surface area contributed by atoms with E-state index in [0.717, 1.165) is 17.7 Å². The van der Waals surface area contributed by atoms with Gasteiger partial charge in [0.05, 0.1) is 11.0 Å². The Kier molecular flexibility index (Phi) is 2.94. The molecule has 0 radical (unpaired) electrons. The minimum atomic E-state index is -4.40. The number of carbonyl (C=O) groups excluding carboxylic acids is 1. The van der Waals surface area contributed by atoms with Crippen LogP contribution in [0.2, 0.25) is 0 Å². The van der Waals surface area contributed by atoms with Gasteiger partial charge in [0.2, 0.25) is 0 Å². The molecule has 0 unspecified atom stereocenters. The molecule has 0 N–H and O–H groups in total. The molecule has 21 heavy (non-hydrogen) atoms. The SMILES string of the molecule is C[C@@]1(c2cccc(C(F)(F)F)c2)Cc2ccccc2C1=O. The first-order valence-electron chi connectivity index (χ1n) is 6.63. The zero-order chi connectivity index (χ0) is 15.3. The molecule has 0 aromatic heterocycles. The Morgan fingerprint density at radius 2 is 1.76 bits per heavy atom. The second kappa shape index (κ2) is 4.45. The van der Waals surface area contributed by atoms with Crippen LogP contribution in [0.15, 0.2) is 48.5 Å². The summed E-state index contributed by atoms with van der Waals surface area (Å²) in [6.07, 6.45) is -3.97.